The summed E-state index contributed by atoms with van der Waals surface area (Å²) in [6.07, 6.45) is 1.78. The second kappa shape index (κ2) is 8.93. The van der Waals surface area contributed by atoms with E-state index in [1.807, 2.05) is 29.2 Å². The lowest BCUT2D eigenvalue weighted by molar-refractivity contribution is 0.556. The zero-order chi connectivity index (χ0) is 24.9. The molecule has 1 N–H and O–H groups in total. The normalized spacial score (nSPS) is 17.7. The predicted octanol–water partition coefficient (Wildman–Crippen LogP) is 6.73. The van der Waals surface area contributed by atoms with Crippen molar-refractivity contribution in [2.45, 2.75) is 46.7 Å². The maximum atomic E-state index is 15.1. The lowest BCUT2D eigenvalue weighted by Gasteiger charge is -2.28. The molecule has 0 unspecified atom stereocenters. The Hall–Kier alpha value is -3.51. The summed E-state index contributed by atoms with van der Waals surface area (Å²) >= 11 is 5.78. The van der Waals surface area contributed by atoms with E-state index < -0.39 is 0 Å². The number of nitrogens with one attached hydrogen (secondary N) is 1. The highest BCUT2D eigenvalue weighted by Gasteiger charge is 2.43. The van der Waals surface area contributed by atoms with Crippen LogP contribution in [-0.2, 0) is 0 Å². The average molecular weight is 485 g/mol. The first kappa shape index (κ1) is 23.2. The Bertz CT molecular complexity index is 1400. The minimum absolute atomic E-state index is 0.225. The predicted molar refractivity (Wildman–Crippen MR) is 144 cm³/mol. The highest BCUT2D eigenvalue weighted by atomic mass is 32.1. The van der Waals surface area contributed by atoms with Gasteiger partial charge in [0, 0.05) is 17.6 Å². The number of nitrogens with zero attached hydrogens (tertiary/aromatic N) is 3. The fraction of sp³-hybridized carbons (Fsp3) is 0.241. The van der Waals surface area contributed by atoms with Gasteiger partial charge in [-0.1, -0.05) is 35.9 Å². The molecule has 0 saturated carbocycles. The van der Waals surface area contributed by atoms with Gasteiger partial charge in [-0.05, 0) is 93.9 Å². The zero-order valence-corrected chi connectivity index (χ0v) is 21.4. The lowest BCUT2D eigenvalue weighted by Crippen LogP contribution is -2.30. The van der Waals surface area contributed by atoms with E-state index in [0.717, 1.165) is 22.6 Å². The molecule has 4 aromatic rings. The monoisotopic (exact) mass is 484 g/mol. The molecule has 2 atom stereocenters. The molecular weight excluding hydrogens is 455 g/mol. The van der Waals surface area contributed by atoms with Crippen LogP contribution in [0.25, 0.3) is 5.69 Å². The van der Waals surface area contributed by atoms with Gasteiger partial charge in [0.1, 0.15) is 5.82 Å². The average Bonchev–Trinajstić information content (AvgIpc) is 3.30. The molecule has 1 saturated heterocycles. The number of thiocarbonyl (C=S) groups is 1. The molecule has 0 aliphatic carbocycles. The lowest BCUT2D eigenvalue weighted by atomic mass is 9.96. The number of pyridine rings is 1. The minimum atomic E-state index is -0.303. The highest BCUT2D eigenvalue weighted by molar-refractivity contribution is 7.80. The number of aromatic nitrogens is 2. The molecule has 0 spiro atoms. The van der Waals surface area contributed by atoms with Crippen LogP contribution >= 0.6 is 12.2 Å². The fourth-order valence-corrected chi connectivity index (χ4v) is 5.87. The number of halogens is 1. The van der Waals surface area contributed by atoms with Crippen molar-refractivity contribution in [2.24, 2.45) is 0 Å². The van der Waals surface area contributed by atoms with Gasteiger partial charge >= 0.3 is 0 Å². The molecule has 1 aliphatic rings. The van der Waals surface area contributed by atoms with Crippen LogP contribution in [0.4, 0.5) is 10.1 Å². The van der Waals surface area contributed by atoms with Gasteiger partial charge in [-0.15, -0.1) is 0 Å². The van der Waals surface area contributed by atoms with Gasteiger partial charge in [-0.3, -0.25) is 4.98 Å². The molecule has 3 heterocycles. The summed E-state index contributed by atoms with van der Waals surface area (Å²) in [5.74, 6) is -0.303. The highest BCUT2D eigenvalue weighted by Crippen LogP contribution is 2.44. The zero-order valence-electron chi connectivity index (χ0n) is 20.6. The van der Waals surface area contributed by atoms with Gasteiger partial charge in [0.2, 0.25) is 0 Å². The Labute approximate surface area is 211 Å². The van der Waals surface area contributed by atoms with E-state index in [0.29, 0.717) is 10.8 Å². The Balaban J connectivity index is 1.73. The summed E-state index contributed by atoms with van der Waals surface area (Å²) in [7, 11) is 0. The van der Waals surface area contributed by atoms with Gasteiger partial charge in [-0.25, -0.2) is 4.39 Å². The molecule has 178 valence electrons. The molecule has 0 radical (unpaired) electrons. The van der Waals surface area contributed by atoms with Crippen LogP contribution in [0.15, 0.2) is 66.9 Å². The Morgan fingerprint density at radius 2 is 1.60 bits per heavy atom. The number of benzene rings is 2. The van der Waals surface area contributed by atoms with E-state index >= 15 is 4.39 Å². The summed E-state index contributed by atoms with van der Waals surface area (Å²) < 4.78 is 17.4. The summed E-state index contributed by atoms with van der Waals surface area (Å²) in [6.45, 7) is 10.7. The third kappa shape index (κ3) is 3.92. The van der Waals surface area contributed by atoms with Crippen LogP contribution < -0.4 is 10.2 Å². The fourth-order valence-electron chi connectivity index (χ4n) is 5.53. The third-order valence-corrected chi connectivity index (χ3v) is 7.17. The van der Waals surface area contributed by atoms with E-state index in [1.165, 1.54) is 28.4 Å². The molecular formula is C29H29FN4S. The van der Waals surface area contributed by atoms with Crippen molar-refractivity contribution < 1.29 is 4.39 Å². The molecule has 0 amide bonds. The van der Waals surface area contributed by atoms with Gasteiger partial charge in [0.25, 0.3) is 0 Å². The smallest absolute Gasteiger partial charge is 0.174 e. The number of para-hydroxylation sites is 1. The molecule has 2 aromatic carbocycles. The van der Waals surface area contributed by atoms with Gasteiger partial charge < -0.3 is 14.8 Å². The van der Waals surface area contributed by atoms with E-state index in [9.17, 15) is 0 Å². The third-order valence-electron chi connectivity index (χ3n) is 6.86. The van der Waals surface area contributed by atoms with E-state index in [1.54, 1.807) is 18.3 Å². The molecule has 1 aliphatic heterocycles. The topological polar surface area (TPSA) is 33.1 Å². The van der Waals surface area contributed by atoms with E-state index in [2.05, 4.69) is 67.7 Å². The van der Waals surface area contributed by atoms with Gasteiger partial charge in [0.05, 0.1) is 29.2 Å². The maximum absolute atomic E-state index is 15.1. The van der Waals surface area contributed by atoms with Crippen LogP contribution in [0.3, 0.4) is 0 Å². The van der Waals surface area contributed by atoms with Gasteiger partial charge in [0.15, 0.2) is 5.11 Å². The first-order chi connectivity index (χ1) is 16.8. The standard InChI is InChI=1S/C29H29FN4S/c1-17-14-18(2)27(19(3)15-17)33-20(4)16-22(21(33)5)28-26(24-11-8-9-13-31-24)32-29(35)34(28)25-12-7-6-10-23(25)30/h6-16,26,28H,1-5H3,(H,32,35)/t26-,28+/m0/s1. The number of aryl methyl sites for hydroxylation is 4. The van der Waals surface area contributed by atoms with Crippen LogP contribution in [0.2, 0.25) is 0 Å². The van der Waals surface area contributed by atoms with E-state index in [4.69, 9.17) is 12.2 Å². The summed E-state index contributed by atoms with van der Waals surface area (Å²) in [5, 5.41) is 3.93. The molecule has 1 fully saturated rings. The summed E-state index contributed by atoms with van der Waals surface area (Å²) in [4.78, 5) is 6.53. The van der Waals surface area contributed by atoms with E-state index in [-0.39, 0.29) is 17.9 Å². The molecule has 2 aromatic heterocycles. The second-order valence-electron chi connectivity index (χ2n) is 9.36. The molecule has 35 heavy (non-hydrogen) atoms. The minimum Gasteiger partial charge on any atom is -0.351 e. The molecule has 0 bridgehead atoms. The van der Waals surface area contributed by atoms with Crippen molar-refractivity contribution in [1.29, 1.82) is 0 Å². The number of hydrogen-bond donors (Lipinski definition) is 1. The van der Waals surface area contributed by atoms with Crippen LogP contribution in [-0.4, -0.2) is 14.7 Å². The Kier molecular flexibility index (Phi) is 5.93. The molecule has 4 nitrogen and oxygen atoms in total. The molecule has 5 rings (SSSR count). The number of rotatable bonds is 4. The maximum Gasteiger partial charge on any atom is 0.174 e. The van der Waals surface area contributed by atoms with Crippen LogP contribution in [0.5, 0.6) is 0 Å². The van der Waals surface area contributed by atoms with Crippen LogP contribution in [0.1, 0.15) is 51.4 Å². The first-order valence-corrected chi connectivity index (χ1v) is 12.2. The largest absolute Gasteiger partial charge is 0.351 e. The van der Waals surface area contributed by atoms with Crippen molar-refractivity contribution in [2.75, 3.05) is 4.90 Å². The summed E-state index contributed by atoms with van der Waals surface area (Å²) in [5.41, 5.74) is 9.54. The molecule has 6 heteroatoms. The Morgan fingerprint density at radius 3 is 2.26 bits per heavy atom. The van der Waals surface area contributed by atoms with Crippen molar-refractivity contribution in [3.8, 4) is 5.69 Å². The van der Waals surface area contributed by atoms with Crippen molar-refractivity contribution in [1.82, 2.24) is 14.9 Å². The van der Waals surface area contributed by atoms with Crippen molar-refractivity contribution in [3.05, 3.63) is 112 Å². The SMILES string of the molecule is Cc1cc(C)c(-n2c(C)cc([C@@H]3[C@H](c4ccccn4)NC(=S)N3c3ccccc3F)c2C)c(C)c1. The Morgan fingerprint density at radius 1 is 0.914 bits per heavy atom. The second-order valence-corrected chi connectivity index (χ2v) is 9.74. The van der Waals surface area contributed by atoms with Gasteiger partial charge in [-0.2, -0.15) is 0 Å². The quantitative estimate of drug-likeness (QED) is 0.326. The van der Waals surface area contributed by atoms with Crippen LogP contribution in [0, 0.1) is 40.4 Å². The number of anilines is 1. The summed E-state index contributed by atoms with van der Waals surface area (Å²) in [6, 6.07) is 18.8. The van der Waals surface area contributed by atoms with Crippen molar-refractivity contribution >= 4 is 23.0 Å². The first-order valence-electron chi connectivity index (χ1n) is 11.8. The van der Waals surface area contributed by atoms with Crippen molar-refractivity contribution in [3.63, 3.8) is 0 Å². The number of hydrogen-bond acceptors (Lipinski definition) is 2.